The summed E-state index contributed by atoms with van der Waals surface area (Å²) >= 11 is 0. The second-order valence-corrected chi connectivity index (χ2v) is 5.46. The Hall–Kier alpha value is -1.44. The molecule has 2 nitrogen and oxygen atoms in total. The highest BCUT2D eigenvalue weighted by atomic mass is 16.1. The highest BCUT2D eigenvalue weighted by Crippen LogP contribution is 2.47. The SMILES string of the molecule is C=C(C)C1=CC2=C(C)C(=O)CC[C@]2(C)CC1=O. The standard InChI is InChI=1S/C15H18O2/c1-9(2)11-7-12-10(3)13(16)5-6-15(12,4)8-14(11)17/h7H,1,5-6,8H2,2-4H3/t15-/m1/s1. The number of Topliss-reactive ketones (excluding diaryl/α,β-unsaturated/α-hetero) is 2. The lowest BCUT2D eigenvalue weighted by atomic mass is 9.64. The number of allylic oxidation sites excluding steroid dienone is 5. The predicted molar refractivity (Wildman–Crippen MR) is 67.6 cm³/mol. The van der Waals surface area contributed by atoms with Gasteiger partial charge in [-0.1, -0.05) is 13.5 Å². The van der Waals surface area contributed by atoms with Crippen LogP contribution >= 0.6 is 0 Å². The summed E-state index contributed by atoms with van der Waals surface area (Å²) in [7, 11) is 0. The molecule has 0 heterocycles. The van der Waals surface area contributed by atoms with Crippen LogP contribution < -0.4 is 0 Å². The van der Waals surface area contributed by atoms with Crippen LogP contribution in [-0.4, -0.2) is 11.6 Å². The van der Waals surface area contributed by atoms with Gasteiger partial charge in [0, 0.05) is 23.8 Å². The average molecular weight is 230 g/mol. The first-order chi connectivity index (χ1) is 7.85. The number of carbonyl (C=O) groups is 2. The number of hydrogen-bond acceptors (Lipinski definition) is 2. The highest BCUT2D eigenvalue weighted by molar-refractivity contribution is 6.04. The molecule has 1 atom stereocenters. The Morgan fingerprint density at radius 1 is 1.35 bits per heavy atom. The maximum absolute atomic E-state index is 12.0. The van der Waals surface area contributed by atoms with Crippen LogP contribution in [0.2, 0.25) is 0 Å². The van der Waals surface area contributed by atoms with Gasteiger partial charge in [-0.2, -0.15) is 0 Å². The number of rotatable bonds is 1. The summed E-state index contributed by atoms with van der Waals surface area (Å²) < 4.78 is 0. The Morgan fingerprint density at radius 2 is 2.00 bits per heavy atom. The Kier molecular flexibility index (Phi) is 2.69. The van der Waals surface area contributed by atoms with Gasteiger partial charge in [0.25, 0.3) is 0 Å². The van der Waals surface area contributed by atoms with E-state index in [9.17, 15) is 9.59 Å². The third-order valence-corrected chi connectivity index (χ3v) is 3.98. The van der Waals surface area contributed by atoms with Crippen LogP contribution in [0.25, 0.3) is 0 Å². The third-order valence-electron chi connectivity index (χ3n) is 3.98. The van der Waals surface area contributed by atoms with E-state index in [1.165, 1.54) is 0 Å². The first-order valence-corrected chi connectivity index (χ1v) is 6.00. The van der Waals surface area contributed by atoms with Gasteiger partial charge >= 0.3 is 0 Å². The molecule has 90 valence electrons. The molecule has 0 saturated heterocycles. The van der Waals surface area contributed by atoms with Gasteiger partial charge < -0.3 is 0 Å². The average Bonchev–Trinajstić information content (AvgIpc) is 2.23. The number of hydrogen-bond donors (Lipinski definition) is 0. The topological polar surface area (TPSA) is 34.1 Å². The molecule has 0 spiro atoms. The Bertz CT molecular complexity index is 491. The number of fused-ring (bicyclic) bond motifs is 1. The van der Waals surface area contributed by atoms with Crippen molar-refractivity contribution in [1.82, 2.24) is 0 Å². The summed E-state index contributed by atoms with van der Waals surface area (Å²) in [4.78, 5) is 23.8. The fourth-order valence-corrected chi connectivity index (χ4v) is 2.82. The molecule has 0 amide bonds. The maximum atomic E-state index is 12.0. The molecule has 0 fully saturated rings. The zero-order chi connectivity index (χ0) is 12.8. The first-order valence-electron chi connectivity index (χ1n) is 6.00. The van der Waals surface area contributed by atoms with E-state index in [1.54, 1.807) is 0 Å². The molecule has 0 aromatic heterocycles. The van der Waals surface area contributed by atoms with E-state index in [0.717, 1.165) is 23.1 Å². The van der Waals surface area contributed by atoms with Crippen molar-refractivity contribution in [2.45, 2.75) is 40.0 Å². The van der Waals surface area contributed by atoms with Crippen molar-refractivity contribution < 1.29 is 9.59 Å². The molecule has 2 heteroatoms. The zero-order valence-corrected chi connectivity index (χ0v) is 10.7. The number of ketones is 2. The lowest BCUT2D eigenvalue weighted by Crippen LogP contribution is -2.33. The zero-order valence-electron chi connectivity index (χ0n) is 10.7. The van der Waals surface area contributed by atoms with Gasteiger partial charge in [-0.05, 0) is 43.1 Å². The lowest BCUT2D eigenvalue weighted by molar-refractivity contribution is -0.120. The molecule has 2 aliphatic rings. The van der Waals surface area contributed by atoms with Crippen molar-refractivity contribution in [2.24, 2.45) is 5.41 Å². The van der Waals surface area contributed by atoms with Gasteiger partial charge in [0.15, 0.2) is 11.6 Å². The summed E-state index contributed by atoms with van der Waals surface area (Å²) in [6.07, 6.45) is 3.74. The summed E-state index contributed by atoms with van der Waals surface area (Å²) in [5.41, 5.74) is 3.20. The molecule has 0 bridgehead atoms. The molecular weight excluding hydrogens is 212 g/mol. The van der Waals surface area contributed by atoms with Crippen LogP contribution in [0.3, 0.4) is 0 Å². The minimum absolute atomic E-state index is 0.145. The normalized spacial score (nSPS) is 29.0. The smallest absolute Gasteiger partial charge is 0.164 e. The van der Waals surface area contributed by atoms with Gasteiger partial charge in [-0.3, -0.25) is 9.59 Å². The van der Waals surface area contributed by atoms with E-state index >= 15 is 0 Å². The van der Waals surface area contributed by atoms with Crippen LogP contribution in [-0.2, 0) is 9.59 Å². The van der Waals surface area contributed by atoms with Crippen molar-refractivity contribution >= 4 is 11.6 Å². The van der Waals surface area contributed by atoms with E-state index in [0.29, 0.717) is 18.4 Å². The van der Waals surface area contributed by atoms with Crippen molar-refractivity contribution in [3.63, 3.8) is 0 Å². The van der Waals surface area contributed by atoms with Crippen LogP contribution in [0.15, 0.2) is 34.9 Å². The predicted octanol–water partition coefficient (Wildman–Crippen LogP) is 3.15. The van der Waals surface area contributed by atoms with Crippen molar-refractivity contribution in [2.75, 3.05) is 0 Å². The van der Waals surface area contributed by atoms with Gasteiger partial charge in [0.2, 0.25) is 0 Å². The molecule has 0 aliphatic heterocycles. The Labute approximate surface area is 102 Å². The monoisotopic (exact) mass is 230 g/mol. The van der Waals surface area contributed by atoms with E-state index < -0.39 is 0 Å². The van der Waals surface area contributed by atoms with Crippen LogP contribution in [0.5, 0.6) is 0 Å². The van der Waals surface area contributed by atoms with E-state index in [-0.39, 0.29) is 17.0 Å². The molecule has 17 heavy (non-hydrogen) atoms. The minimum Gasteiger partial charge on any atom is -0.295 e. The fourth-order valence-electron chi connectivity index (χ4n) is 2.82. The van der Waals surface area contributed by atoms with Crippen LogP contribution in [0, 0.1) is 5.41 Å². The van der Waals surface area contributed by atoms with Crippen molar-refractivity contribution in [3.05, 3.63) is 34.9 Å². The van der Waals surface area contributed by atoms with E-state index in [4.69, 9.17) is 0 Å². The fraction of sp³-hybridized carbons (Fsp3) is 0.467. The third kappa shape index (κ3) is 1.82. The highest BCUT2D eigenvalue weighted by Gasteiger charge is 2.40. The summed E-state index contributed by atoms with van der Waals surface area (Å²) in [6.45, 7) is 9.63. The van der Waals surface area contributed by atoms with E-state index in [1.807, 2.05) is 19.9 Å². The second-order valence-electron chi connectivity index (χ2n) is 5.46. The maximum Gasteiger partial charge on any atom is 0.164 e. The molecule has 0 N–H and O–H groups in total. The molecule has 2 rings (SSSR count). The Morgan fingerprint density at radius 3 is 2.59 bits per heavy atom. The molecule has 0 aromatic rings. The van der Waals surface area contributed by atoms with Gasteiger partial charge in [-0.15, -0.1) is 0 Å². The Balaban J connectivity index is 2.62. The molecular formula is C15H18O2. The number of carbonyl (C=O) groups excluding carboxylic acids is 2. The quantitative estimate of drug-likeness (QED) is 0.693. The van der Waals surface area contributed by atoms with Crippen molar-refractivity contribution in [3.8, 4) is 0 Å². The summed E-state index contributed by atoms with van der Waals surface area (Å²) in [6, 6.07) is 0. The largest absolute Gasteiger partial charge is 0.295 e. The second kappa shape index (κ2) is 3.80. The summed E-state index contributed by atoms with van der Waals surface area (Å²) in [5.74, 6) is 0.370. The first kappa shape index (κ1) is 12.0. The van der Waals surface area contributed by atoms with Gasteiger partial charge in [-0.25, -0.2) is 0 Å². The molecule has 0 saturated carbocycles. The van der Waals surface area contributed by atoms with Crippen molar-refractivity contribution in [1.29, 1.82) is 0 Å². The molecule has 0 unspecified atom stereocenters. The van der Waals surface area contributed by atoms with Crippen LogP contribution in [0.4, 0.5) is 0 Å². The summed E-state index contributed by atoms with van der Waals surface area (Å²) in [5, 5.41) is 0. The molecule has 0 aromatic carbocycles. The molecule has 0 radical (unpaired) electrons. The van der Waals surface area contributed by atoms with Gasteiger partial charge in [0.05, 0.1) is 0 Å². The molecule has 2 aliphatic carbocycles. The van der Waals surface area contributed by atoms with Gasteiger partial charge in [0.1, 0.15) is 0 Å². The lowest BCUT2D eigenvalue weighted by Gasteiger charge is -2.38. The van der Waals surface area contributed by atoms with E-state index in [2.05, 4.69) is 13.5 Å². The van der Waals surface area contributed by atoms with Crippen LogP contribution in [0.1, 0.15) is 40.0 Å². The minimum atomic E-state index is -0.145.